The van der Waals surface area contributed by atoms with Gasteiger partial charge in [0, 0.05) is 6.42 Å². The van der Waals surface area contributed by atoms with Gasteiger partial charge in [-0.15, -0.1) is 0 Å². The van der Waals surface area contributed by atoms with Crippen molar-refractivity contribution in [3.8, 4) is 11.5 Å². The molecule has 2 aromatic rings. The molecule has 0 aliphatic heterocycles. The van der Waals surface area contributed by atoms with Crippen molar-refractivity contribution in [3.63, 3.8) is 0 Å². The number of benzene rings is 2. The van der Waals surface area contributed by atoms with Crippen molar-refractivity contribution in [1.82, 2.24) is 0 Å². The second-order valence-corrected chi connectivity index (χ2v) is 6.54. The molecule has 144 valence electrons. The summed E-state index contributed by atoms with van der Waals surface area (Å²) < 4.78 is 11.1. The van der Waals surface area contributed by atoms with Gasteiger partial charge in [-0.25, -0.2) is 0 Å². The molecule has 6 nitrogen and oxygen atoms in total. The molecule has 1 aliphatic rings. The van der Waals surface area contributed by atoms with Crippen LogP contribution in [0.1, 0.15) is 11.1 Å². The molecule has 4 atom stereocenters. The summed E-state index contributed by atoms with van der Waals surface area (Å²) in [5.74, 6) is 1.34. The Labute approximate surface area is 157 Å². The summed E-state index contributed by atoms with van der Waals surface area (Å²) in [6.45, 7) is -0.418. The summed E-state index contributed by atoms with van der Waals surface area (Å²) in [7, 11) is 1.62. The minimum atomic E-state index is -1.42. The van der Waals surface area contributed by atoms with E-state index in [4.69, 9.17) is 9.47 Å². The van der Waals surface area contributed by atoms with Gasteiger partial charge in [-0.1, -0.05) is 30.3 Å². The van der Waals surface area contributed by atoms with E-state index in [9.17, 15) is 20.4 Å². The van der Waals surface area contributed by atoms with Gasteiger partial charge < -0.3 is 29.9 Å². The van der Waals surface area contributed by atoms with Crippen LogP contribution in [0, 0.1) is 0 Å². The predicted molar refractivity (Wildman–Crippen MR) is 99.8 cm³/mol. The normalized spacial score (nSPS) is 25.0. The SMILES string of the molecule is COc1ccc(Cc2ccccc2O[C@H]2C=C(CO)[C@@H](O)[C@H](O)[C@H]2O)cc1. The molecule has 0 fully saturated rings. The number of methoxy groups -OCH3 is 1. The number of hydrogen-bond acceptors (Lipinski definition) is 6. The lowest BCUT2D eigenvalue weighted by Gasteiger charge is -2.34. The number of ether oxygens (including phenoxy) is 2. The Morgan fingerprint density at radius 2 is 1.63 bits per heavy atom. The fraction of sp³-hybridized carbons (Fsp3) is 0.333. The van der Waals surface area contributed by atoms with E-state index in [-0.39, 0.29) is 5.57 Å². The van der Waals surface area contributed by atoms with E-state index < -0.39 is 31.0 Å². The number of rotatable bonds is 6. The van der Waals surface area contributed by atoms with Crippen molar-refractivity contribution >= 4 is 0 Å². The smallest absolute Gasteiger partial charge is 0.146 e. The fourth-order valence-corrected chi connectivity index (χ4v) is 3.13. The Balaban J connectivity index is 1.82. The van der Waals surface area contributed by atoms with Crippen molar-refractivity contribution in [1.29, 1.82) is 0 Å². The Hall–Kier alpha value is -2.38. The van der Waals surface area contributed by atoms with Crippen LogP contribution in [0.15, 0.2) is 60.2 Å². The number of hydrogen-bond donors (Lipinski definition) is 4. The zero-order valence-electron chi connectivity index (χ0n) is 15.0. The third-order valence-electron chi connectivity index (χ3n) is 4.74. The van der Waals surface area contributed by atoms with Crippen molar-refractivity contribution in [2.24, 2.45) is 0 Å². The lowest BCUT2D eigenvalue weighted by molar-refractivity contribution is -0.0890. The zero-order chi connectivity index (χ0) is 19.4. The third kappa shape index (κ3) is 4.31. The van der Waals surface area contributed by atoms with Crippen molar-refractivity contribution in [2.45, 2.75) is 30.8 Å². The summed E-state index contributed by atoms with van der Waals surface area (Å²) in [5.41, 5.74) is 2.21. The van der Waals surface area contributed by atoms with Gasteiger partial charge >= 0.3 is 0 Å². The Kier molecular flexibility index (Phi) is 6.13. The molecule has 0 amide bonds. The summed E-state index contributed by atoms with van der Waals surface area (Å²) in [4.78, 5) is 0. The van der Waals surface area contributed by atoms with Gasteiger partial charge in [-0.2, -0.15) is 0 Å². The first-order valence-corrected chi connectivity index (χ1v) is 8.76. The standard InChI is InChI=1S/C21H24O6/c1-26-16-8-6-13(7-9-16)10-14-4-2-3-5-17(14)27-18-11-15(12-22)19(23)21(25)20(18)24/h2-9,11,18-25H,10,12H2,1H3/t18-,19+,20-,21-/m0/s1. The highest BCUT2D eigenvalue weighted by molar-refractivity contribution is 5.39. The lowest BCUT2D eigenvalue weighted by Crippen LogP contribution is -2.51. The zero-order valence-corrected chi connectivity index (χ0v) is 15.0. The van der Waals surface area contributed by atoms with Crippen LogP contribution < -0.4 is 9.47 Å². The van der Waals surface area contributed by atoms with Crippen LogP contribution in [0.3, 0.4) is 0 Å². The minimum absolute atomic E-state index is 0.227. The number of para-hydroxylation sites is 1. The second kappa shape index (κ2) is 8.54. The molecule has 0 saturated carbocycles. The summed E-state index contributed by atoms with van der Waals surface area (Å²) in [6.07, 6.45) is -2.82. The van der Waals surface area contributed by atoms with E-state index in [0.29, 0.717) is 12.2 Å². The Morgan fingerprint density at radius 1 is 0.926 bits per heavy atom. The number of aliphatic hydroxyl groups excluding tert-OH is 4. The highest BCUT2D eigenvalue weighted by atomic mass is 16.5. The van der Waals surface area contributed by atoms with Crippen LogP contribution in [-0.4, -0.2) is 58.6 Å². The van der Waals surface area contributed by atoms with Gasteiger partial charge in [0.2, 0.25) is 0 Å². The van der Waals surface area contributed by atoms with E-state index >= 15 is 0 Å². The fourth-order valence-electron chi connectivity index (χ4n) is 3.13. The number of aliphatic hydroxyl groups is 4. The van der Waals surface area contributed by atoms with Crippen molar-refractivity contribution in [2.75, 3.05) is 13.7 Å². The molecule has 0 unspecified atom stereocenters. The Morgan fingerprint density at radius 3 is 2.30 bits per heavy atom. The molecule has 0 bridgehead atoms. The molecule has 0 heterocycles. The average Bonchev–Trinajstić information content (AvgIpc) is 2.70. The monoisotopic (exact) mass is 372 g/mol. The second-order valence-electron chi connectivity index (χ2n) is 6.54. The summed E-state index contributed by atoms with van der Waals surface area (Å²) >= 11 is 0. The predicted octanol–water partition coefficient (Wildman–Crippen LogP) is 1.05. The quantitative estimate of drug-likeness (QED) is 0.566. The largest absolute Gasteiger partial charge is 0.497 e. The molecule has 3 rings (SSSR count). The van der Waals surface area contributed by atoms with E-state index in [2.05, 4.69) is 0 Å². The van der Waals surface area contributed by atoms with Crippen LogP contribution in [0.25, 0.3) is 0 Å². The molecule has 0 spiro atoms. The van der Waals surface area contributed by atoms with Gasteiger partial charge in [0.25, 0.3) is 0 Å². The van der Waals surface area contributed by atoms with Gasteiger partial charge in [0.15, 0.2) is 0 Å². The third-order valence-corrected chi connectivity index (χ3v) is 4.74. The maximum Gasteiger partial charge on any atom is 0.146 e. The van der Waals surface area contributed by atoms with E-state index in [0.717, 1.165) is 16.9 Å². The van der Waals surface area contributed by atoms with Crippen LogP contribution >= 0.6 is 0 Å². The van der Waals surface area contributed by atoms with Crippen LogP contribution in [0.4, 0.5) is 0 Å². The molecule has 2 aromatic carbocycles. The first-order valence-electron chi connectivity index (χ1n) is 8.76. The highest BCUT2D eigenvalue weighted by Crippen LogP contribution is 2.28. The van der Waals surface area contributed by atoms with E-state index in [1.165, 1.54) is 6.08 Å². The lowest BCUT2D eigenvalue weighted by atomic mass is 9.89. The Bertz CT molecular complexity index is 786. The van der Waals surface area contributed by atoms with Gasteiger partial charge in [0.05, 0.1) is 13.7 Å². The first kappa shape index (κ1) is 19.4. The molecule has 27 heavy (non-hydrogen) atoms. The molecule has 4 N–H and O–H groups in total. The molecule has 6 heteroatoms. The first-order chi connectivity index (χ1) is 13.0. The van der Waals surface area contributed by atoms with E-state index in [1.807, 2.05) is 42.5 Å². The van der Waals surface area contributed by atoms with Gasteiger partial charge in [0.1, 0.15) is 35.9 Å². The maximum atomic E-state index is 10.2. The van der Waals surface area contributed by atoms with Crippen molar-refractivity contribution < 1.29 is 29.9 Å². The maximum absolute atomic E-state index is 10.2. The summed E-state index contributed by atoms with van der Waals surface area (Å²) in [6, 6.07) is 15.1. The minimum Gasteiger partial charge on any atom is -0.497 e. The highest BCUT2D eigenvalue weighted by Gasteiger charge is 2.38. The van der Waals surface area contributed by atoms with Crippen LogP contribution in [-0.2, 0) is 6.42 Å². The molecule has 0 saturated heterocycles. The van der Waals surface area contributed by atoms with Crippen LogP contribution in [0.2, 0.25) is 0 Å². The molecular weight excluding hydrogens is 348 g/mol. The van der Waals surface area contributed by atoms with Crippen LogP contribution in [0.5, 0.6) is 11.5 Å². The van der Waals surface area contributed by atoms with Gasteiger partial charge in [-0.05, 0) is 41.0 Å². The molecule has 0 aromatic heterocycles. The summed E-state index contributed by atoms with van der Waals surface area (Å²) in [5, 5.41) is 39.5. The molecule has 1 aliphatic carbocycles. The average molecular weight is 372 g/mol. The molecular formula is C21H24O6. The topological polar surface area (TPSA) is 99.4 Å². The van der Waals surface area contributed by atoms with E-state index in [1.54, 1.807) is 13.2 Å². The molecule has 0 radical (unpaired) electrons. The van der Waals surface area contributed by atoms with Gasteiger partial charge in [-0.3, -0.25) is 0 Å². The van der Waals surface area contributed by atoms with Crippen molar-refractivity contribution in [3.05, 3.63) is 71.3 Å².